The molecule has 4 unspecified atom stereocenters. The number of hydrogen-bond donors (Lipinski definition) is 1. The highest BCUT2D eigenvalue weighted by Gasteiger charge is 2.51. The smallest absolute Gasteiger partial charge is 0.303 e. The molecular formula is C20H22N6O7. The third-order valence-corrected chi connectivity index (χ3v) is 5.05. The van der Waals surface area contributed by atoms with Gasteiger partial charge in [-0.2, -0.15) is 15.2 Å². The average Bonchev–Trinajstić information content (AvgIpc) is 3.37. The molecule has 0 aromatic carbocycles. The van der Waals surface area contributed by atoms with E-state index in [0.29, 0.717) is 11.3 Å². The van der Waals surface area contributed by atoms with Gasteiger partial charge in [-0.1, -0.05) is 0 Å². The lowest BCUT2D eigenvalue weighted by molar-refractivity contribution is -0.166. The number of nitriles is 1. The Bertz CT molecular complexity index is 1140. The molecule has 2 aromatic rings. The van der Waals surface area contributed by atoms with E-state index in [1.54, 1.807) is 0 Å². The topological polar surface area (TPSA) is 168 Å². The van der Waals surface area contributed by atoms with Gasteiger partial charge in [-0.15, -0.1) is 0 Å². The highest BCUT2D eigenvalue weighted by molar-refractivity contribution is 5.83. The lowest BCUT2D eigenvalue weighted by atomic mass is 10.1. The summed E-state index contributed by atoms with van der Waals surface area (Å²) in [7, 11) is 0. The maximum Gasteiger partial charge on any atom is 0.303 e. The summed E-state index contributed by atoms with van der Waals surface area (Å²) in [5.74, 6) is -1.49. The van der Waals surface area contributed by atoms with Gasteiger partial charge in [0.05, 0.1) is 6.33 Å². The van der Waals surface area contributed by atoms with Gasteiger partial charge in [0.15, 0.2) is 35.4 Å². The summed E-state index contributed by atoms with van der Waals surface area (Å²) in [6.45, 7) is 3.41. The number of nitrogens with zero attached hydrogens (tertiary/aromatic N) is 5. The van der Waals surface area contributed by atoms with E-state index in [1.165, 1.54) is 31.7 Å². The van der Waals surface area contributed by atoms with E-state index < -0.39 is 42.4 Å². The summed E-state index contributed by atoms with van der Waals surface area (Å²) >= 11 is 0. The number of carbonyl (C=O) groups excluding carboxylic acids is 3. The van der Waals surface area contributed by atoms with Gasteiger partial charge in [-0.25, -0.2) is 4.98 Å². The molecule has 3 heterocycles. The molecule has 0 bridgehead atoms. The molecule has 1 saturated carbocycles. The largest absolute Gasteiger partial charge is 0.463 e. The molecule has 33 heavy (non-hydrogen) atoms. The van der Waals surface area contributed by atoms with Gasteiger partial charge in [0, 0.05) is 26.8 Å². The second kappa shape index (κ2) is 8.99. The Labute approximate surface area is 188 Å². The minimum Gasteiger partial charge on any atom is -0.463 e. The summed E-state index contributed by atoms with van der Waals surface area (Å²) in [5.41, 5.74) is 0.667. The third kappa shape index (κ3) is 4.85. The SMILES string of the molecule is CC(=O)OCC1OC(n2cnc3c(NC4CC4)nc(C#N)nc32)C(OC(C)=O)C1OC(C)=O. The predicted molar refractivity (Wildman–Crippen MR) is 108 cm³/mol. The molecule has 13 nitrogen and oxygen atoms in total. The molecule has 13 heteroatoms. The van der Waals surface area contributed by atoms with Crippen molar-refractivity contribution in [3.05, 3.63) is 12.2 Å². The van der Waals surface area contributed by atoms with Crippen LogP contribution >= 0.6 is 0 Å². The average molecular weight is 458 g/mol. The van der Waals surface area contributed by atoms with Crippen molar-refractivity contribution in [2.75, 3.05) is 11.9 Å². The summed E-state index contributed by atoms with van der Waals surface area (Å²) in [6, 6.07) is 2.17. The van der Waals surface area contributed by atoms with Crippen molar-refractivity contribution < 1.29 is 33.3 Å². The van der Waals surface area contributed by atoms with Crippen molar-refractivity contribution >= 4 is 34.9 Å². The second-order valence-electron chi connectivity index (χ2n) is 7.77. The van der Waals surface area contributed by atoms with E-state index in [1.807, 2.05) is 6.07 Å². The zero-order valence-electron chi connectivity index (χ0n) is 18.2. The maximum atomic E-state index is 11.9. The molecule has 1 N–H and O–H groups in total. The van der Waals surface area contributed by atoms with Crippen LogP contribution in [0, 0.1) is 11.3 Å². The molecule has 0 radical (unpaired) electrons. The number of hydrogen-bond acceptors (Lipinski definition) is 12. The minimum atomic E-state index is -1.09. The van der Waals surface area contributed by atoms with Crippen LogP contribution < -0.4 is 5.32 Å². The fourth-order valence-corrected chi connectivity index (χ4v) is 3.59. The van der Waals surface area contributed by atoms with Gasteiger partial charge in [0.1, 0.15) is 18.8 Å². The van der Waals surface area contributed by atoms with Crippen LogP contribution in [-0.2, 0) is 33.3 Å². The van der Waals surface area contributed by atoms with Crippen molar-refractivity contribution in [1.29, 1.82) is 5.26 Å². The van der Waals surface area contributed by atoms with Crippen molar-refractivity contribution in [2.45, 2.75) is 64.2 Å². The molecule has 0 amide bonds. The number of esters is 3. The molecule has 174 valence electrons. The summed E-state index contributed by atoms with van der Waals surface area (Å²) < 4.78 is 23.4. The van der Waals surface area contributed by atoms with Crippen LogP contribution in [0.1, 0.15) is 45.7 Å². The molecule has 0 spiro atoms. The van der Waals surface area contributed by atoms with E-state index in [2.05, 4.69) is 20.3 Å². The normalized spacial score (nSPS) is 24.2. The van der Waals surface area contributed by atoms with Crippen LogP contribution in [0.4, 0.5) is 5.82 Å². The number of rotatable bonds is 7. The lowest BCUT2D eigenvalue weighted by Crippen LogP contribution is -2.40. The number of nitrogens with one attached hydrogen (secondary N) is 1. The van der Waals surface area contributed by atoms with Crippen LogP contribution in [0.3, 0.4) is 0 Å². The van der Waals surface area contributed by atoms with Crippen LogP contribution in [0.5, 0.6) is 0 Å². The zero-order valence-corrected chi connectivity index (χ0v) is 18.2. The fourth-order valence-electron chi connectivity index (χ4n) is 3.59. The fraction of sp³-hybridized carbons (Fsp3) is 0.550. The number of imidazole rings is 1. The molecule has 1 aliphatic heterocycles. The maximum absolute atomic E-state index is 11.9. The van der Waals surface area contributed by atoms with E-state index in [9.17, 15) is 19.6 Å². The van der Waals surface area contributed by atoms with E-state index >= 15 is 0 Å². The third-order valence-electron chi connectivity index (χ3n) is 5.05. The van der Waals surface area contributed by atoms with Crippen LogP contribution in [0.25, 0.3) is 11.2 Å². The molecule has 2 aromatic heterocycles. The van der Waals surface area contributed by atoms with Crippen LogP contribution in [0.15, 0.2) is 6.33 Å². The molecule has 2 fully saturated rings. The van der Waals surface area contributed by atoms with E-state index in [0.717, 1.165) is 12.8 Å². The minimum absolute atomic E-state index is 0.0811. The first kappa shape index (κ1) is 22.4. The molecule has 4 atom stereocenters. The van der Waals surface area contributed by atoms with E-state index in [4.69, 9.17) is 18.9 Å². The van der Waals surface area contributed by atoms with Gasteiger partial charge in [-0.05, 0) is 12.8 Å². The Hall–Kier alpha value is -3.79. The van der Waals surface area contributed by atoms with Gasteiger partial charge < -0.3 is 24.3 Å². The monoisotopic (exact) mass is 458 g/mol. The Morgan fingerprint density at radius 2 is 1.85 bits per heavy atom. The molecule has 1 aliphatic carbocycles. The highest BCUT2D eigenvalue weighted by atomic mass is 16.7. The van der Waals surface area contributed by atoms with E-state index in [-0.39, 0.29) is 24.1 Å². The van der Waals surface area contributed by atoms with Crippen molar-refractivity contribution in [3.8, 4) is 6.07 Å². The van der Waals surface area contributed by atoms with Gasteiger partial charge in [-0.3, -0.25) is 19.0 Å². The van der Waals surface area contributed by atoms with Crippen molar-refractivity contribution in [3.63, 3.8) is 0 Å². The Morgan fingerprint density at radius 1 is 1.15 bits per heavy atom. The molecule has 2 aliphatic rings. The quantitative estimate of drug-likeness (QED) is 0.454. The van der Waals surface area contributed by atoms with Crippen LogP contribution in [-0.4, -0.2) is 68.4 Å². The summed E-state index contributed by atoms with van der Waals surface area (Å²) in [6.07, 6.45) is -0.727. The first-order chi connectivity index (χ1) is 15.8. The number of ether oxygens (including phenoxy) is 4. The number of anilines is 1. The zero-order chi connectivity index (χ0) is 23.7. The highest BCUT2D eigenvalue weighted by Crippen LogP contribution is 2.37. The summed E-state index contributed by atoms with van der Waals surface area (Å²) in [4.78, 5) is 47.8. The number of fused-ring (bicyclic) bond motifs is 1. The Kier molecular flexibility index (Phi) is 6.10. The first-order valence-corrected chi connectivity index (χ1v) is 10.3. The number of aromatic nitrogens is 4. The number of carbonyl (C=O) groups is 3. The lowest BCUT2D eigenvalue weighted by Gasteiger charge is -2.23. The summed E-state index contributed by atoms with van der Waals surface area (Å²) in [5, 5.41) is 12.6. The Morgan fingerprint density at radius 3 is 2.45 bits per heavy atom. The Balaban J connectivity index is 1.76. The first-order valence-electron chi connectivity index (χ1n) is 10.3. The van der Waals surface area contributed by atoms with Gasteiger partial charge in [0.2, 0.25) is 5.82 Å². The van der Waals surface area contributed by atoms with Crippen LogP contribution in [0.2, 0.25) is 0 Å². The van der Waals surface area contributed by atoms with Gasteiger partial charge >= 0.3 is 17.9 Å². The molecule has 4 rings (SSSR count). The van der Waals surface area contributed by atoms with Gasteiger partial charge in [0.25, 0.3) is 0 Å². The van der Waals surface area contributed by atoms with Crippen molar-refractivity contribution in [2.24, 2.45) is 0 Å². The standard InChI is InChI=1S/C20H22N6O7/c1-9(27)30-7-13-16(31-10(2)28)17(32-11(3)29)20(33-13)26-8-22-15-18(23-12-4-5-12)24-14(6-21)25-19(15)26/h8,12-13,16-17,20H,4-5,7H2,1-3H3,(H,23,24,25). The molecule has 1 saturated heterocycles. The molecular weight excluding hydrogens is 436 g/mol. The predicted octanol–water partition coefficient (Wildman–Crippen LogP) is 0.596. The second-order valence-corrected chi connectivity index (χ2v) is 7.77. The van der Waals surface area contributed by atoms with Crippen molar-refractivity contribution in [1.82, 2.24) is 19.5 Å².